The Balaban J connectivity index is 2.79. The summed E-state index contributed by atoms with van der Waals surface area (Å²) < 4.78 is 0. The second kappa shape index (κ2) is 6.51. The van der Waals surface area contributed by atoms with Crippen LogP contribution in [0.15, 0.2) is 41.5 Å². The van der Waals surface area contributed by atoms with Crippen LogP contribution in [-0.2, 0) is 9.59 Å². The van der Waals surface area contributed by atoms with Crippen molar-refractivity contribution in [2.45, 2.75) is 13.8 Å². The number of nitrogens with zero attached hydrogens (tertiary/aromatic N) is 1. The molecule has 0 spiro atoms. The molecule has 0 aliphatic rings. The predicted molar refractivity (Wildman–Crippen MR) is 74.4 cm³/mol. The molecule has 0 atom stereocenters. The van der Waals surface area contributed by atoms with E-state index in [0.717, 1.165) is 0 Å². The van der Waals surface area contributed by atoms with E-state index in [1.807, 2.05) is 6.07 Å². The molecule has 0 saturated carbocycles. The molecule has 0 aliphatic heterocycles. The molecule has 0 saturated heterocycles. The van der Waals surface area contributed by atoms with Gasteiger partial charge in [0.25, 0.3) is 5.91 Å². The van der Waals surface area contributed by atoms with Crippen LogP contribution in [0.2, 0.25) is 0 Å². The monoisotopic (exact) mass is 276 g/mol. The van der Waals surface area contributed by atoms with Crippen LogP contribution in [0.3, 0.4) is 0 Å². The number of aliphatic carboxylic acids is 1. The Morgan fingerprint density at radius 1 is 1.05 bits per heavy atom. The van der Waals surface area contributed by atoms with Gasteiger partial charge in [0.05, 0.1) is 0 Å². The average molecular weight is 276 g/mol. The number of hydrogen-bond donors (Lipinski definition) is 2. The zero-order valence-corrected chi connectivity index (χ0v) is 11.5. The number of carbonyl (C=O) groups excluding carboxylic acids is 2. The predicted octanol–water partition coefficient (Wildman–Crippen LogP) is 1.78. The molecule has 106 valence electrons. The second-order valence-electron chi connectivity index (χ2n) is 4.21. The first-order chi connectivity index (χ1) is 9.34. The molecule has 1 aromatic rings. The van der Waals surface area contributed by atoms with Gasteiger partial charge in [0, 0.05) is 23.9 Å². The van der Waals surface area contributed by atoms with Crippen molar-refractivity contribution < 1.29 is 19.5 Å². The molecule has 20 heavy (non-hydrogen) atoms. The maximum Gasteiger partial charge on any atom is 0.331 e. The highest BCUT2D eigenvalue weighted by atomic mass is 16.4. The number of rotatable bonds is 3. The molecule has 0 radical (unpaired) electrons. The van der Waals surface area contributed by atoms with Gasteiger partial charge in [-0.15, -0.1) is 0 Å². The Bertz CT molecular complexity index is 564. The highest BCUT2D eigenvalue weighted by molar-refractivity contribution is 6.10. The van der Waals surface area contributed by atoms with Gasteiger partial charge in [0.15, 0.2) is 0 Å². The quantitative estimate of drug-likeness (QED) is 0.824. The summed E-state index contributed by atoms with van der Waals surface area (Å²) in [6, 6.07) is 8.15. The standard InChI is InChI=1S/C14H16N2O4/c1-9(10(2)13(18)19)12(17)15-14(20)16(3)11-7-5-4-6-8-11/h4-8H,1-3H3,(H,18,19)(H,15,17,20). The van der Waals surface area contributed by atoms with E-state index >= 15 is 0 Å². The van der Waals surface area contributed by atoms with E-state index in [1.165, 1.54) is 25.8 Å². The third kappa shape index (κ3) is 3.68. The second-order valence-corrected chi connectivity index (χ2v) is 4.21. The smallest absolute Gasteiger partial charge is 0.331 e. The van der Waals surface area contributed by atoms with Gasteiger partial charge in [-0.25, -0.2) is 9.59 Å². The summed E-state index contributed by atoms with van der Waals surface area (Å²) in [6.45, 7) is 2.66. The van der Waals surface area contributed by atoms with Gasteiger partial charge in [-0.1, -0.05) is 18.2 Å². The summed E-state index contributed by atoms with van der Waals surface area (Å²) >= 11 is 0. The van der Waals surface area contributed by atoms with Crippen molar-refractivity contribution in [2.75, 3.05) is 11.9 Å². The fourth-order valence-corrected chi connectivity index (χ4v) is 1.37. The number of carboxylic acid groups (broad SMARTS) is 1. The van der Waals surface area contributed by atoms with Crippen LogP contribution in [-0.4, -0.2) is 30.1 Å². The third-order valence-corrected chi connectivity index (χ3v) is 2.89. The summed E-state index contributed by atoms with van der Waals surface area (Å²) in [4.78, 5) is 35.6. The lowest BCUT2D eigenvalue weighted by Crippen LogP contribution is -2.41. The Morgan fingerprint density at radius 3 is 2.10 bits per heavy atom. The SMILES string of the molecule is CC(C(=O)O)=C(C)C(=O)NC(=O)N(C)c1ccccc1. The van der Waals surface area contributed by atoms with Crippen molar-refractivity contribution in [2.24, 2.45) is 0 Å². The van der Waals surface area contributed by atoms with Crippen LogP contribution in [0.1, 0.15) is 13.8 Å². The van der Waals surface area contributed by atoms with E-state index in [1.54, 1.807) is 24.3 Å². The van der Waals surface area contributed by atoms with Crippen molar-refractivity contribution in [3.05, 3.63) is 41.5 Å². The summed E-state index contributed by atoms with van der Waals surface area (Å²) in [7, 11) is 1.51. The minimum absolute atomic E-state index is 0.00712. The summed E-state index contributed by atoms with van der Waals surface area (Å²) in [5, 5.41) is 10.9. The van der Waals surface area contributed by atoms with Crippen molar-refractivity contribution in [1.82, 2.24) is 5.32 Å². The van der Waals surface area contributed by atoms with E-state index in [-0.39, 0.29) is 11.1 Å². The number of carbonyl (C=O) groups is 3. The molecule has 6 heteroatoms. The first-order valence-corrected chi connectivity index (χ1v) is 5.89. The molecular formula is C14H16N2O4. The Hall–Kier alpha value is -2.63. The van der Waals surface area contributed by atoms with Crippen LogP contribution < -0.4 is 10.2 Å². The lowest BCUT2D eigenvalue weighted by atomic mass is 10.1. The number of hydrogen-bond acceptors (Lipinski definition) is 3. The molecule has 0 aliphatic carbocycles. The van der Waals surface area contributed by atoms with E-state index in [9.17, 15) is 14.4 Å². The number of carboxylic acids is 1. The van der Waals surface area contributed by atoms with E-state index in [2.05, 4.69) is 5.32 Å². The Labute approximate surface area is 116 Å². The molecule has 1 rings (SSSR count). The average Bonchev–Trinajstić information content (AvgIpc) is 2.45. The van der Waals surface area contributed by atoms with Gasteiger partial charge in [-0.3, -0.25) is 15.0 Å². The minimum atomic E-state index is -1.19. The van der Waals surface area contributed by atoms with Crippen molar-refractivity contribution in [3.63, 3.8) is 0 Å². The Morgan fingerprint density at radius 2 is 1.60 bits per heavy atom. The van der Waals surface area contributed by atoms with Crippen LogP contribution in [0.5, 0.6) is 0 Å². The molecule has 0 heterocycles. The molecule has 3 amide bonds. The summed E-state index contributed by atoms with van der Waals surface area (Å²) in [5.41, 5.74) is 0.513. The van der Waals surface area contributed by atoms with Gasteiger partial charge in [-0.2, -0.15) is 0 Å². The number of imide groups is 1. The third-order valence-electron chi connectivity index (χ3n) is 2.89. The van der Waals surface area contributed by atoms with Crippen molar-refractivity contribution in [3.8, 4) is 0 Å². The highest BCUT2D eigenvalue weighted by Crippen LogP contribution is 2.11. The van der Waals surface area contributed by atoms with Crippen molar-refractivity contribution >= 4 is 23.6 Å². The van der Waals surface area contributed by atoms with E-state index < -0.39 is 17.9 Å². The topological polar surface area (TPSA) is 86.7 Å². The number of nitrogens with one attached hydrogen (secondary N) is 1. The molecular weight excluding hydrogens is 260 g/mol. The van der Waals surface area contributed by atoms with Crippen LogP contribution in [0.4, 0.5) is 10.5 Å². The number of benzene rings is 1. The van der Waals surface area contributed by atoms with Gasteiger partial charge in [0.2, 0.25) is 0 Å². The molecule has 1 aromatic carbocycles. The number of urea groups is 1. The fourth-order valence-electron chi connectivity index (χ4n) is 1.37. The number of anilines is 1. The van der Waals surface area contributed by atoms with Gasteiger partial charge < -0.3 is 5.11 Å². The fraction of sp³-hybridized carbons (Fsp3) is 0.214. The summed E-state index contributed by atoms with van der Waals surface area (Å²) in [5.74, 6) is -1.92. The van der Waals surface area contributed by atoms with Gasteiger partial charge >= 0.3 is 12.0 Å². The maximum absolute atomic E-state index is 11.9. The normalized spacial score (nSPS) is 11.3. The van der Waals surface area contributed by atoms with Crippen LogP contribution in [0, 0.1) is 0 Å². The molecule has 0 aromatic heterocycles. The minimum Gasteiger partial charge on any atom is -0.478 e. The molecule has 0 unspecified atom stereocenters. The molecule has 6 nitrogen and oxygen atoms in total. The number of para-hydroxylation sites is 1. The van der Waals surface area contributed by atoms with Gasteiger partial charge in [0.1, 0.15) is 0 Å². The van der Waals surface area contributed by atoms with E-state index in [4.69, 9.17) is 5.11 Å². The number of amides is 3. The molecule has 2 N–H and O–H groups in total. The first kappa shape index (κ1) is 15.4. The lowest BCUT2D eigenvalue weighted by Gasteiger charge is -2.17. The molecule has 0 fully saturated rings. The van der Waals surface area contributed by atoms with Crippen molar-refractivity contribution in [1.29, 1.82) is 0 Å². The highest BCUT2D eigenvalue weighted by Gasteiger charge is 2.18. The summed E-state index contributed by atoms with van der Waals surface area (Å²) in [6.07, 6.45) is 0. The maximum atomic E-state index is 11.9. The van der Waals surface area contributed by atoms with E-state index in [0.29, 0.717) is 5.69 Å². The zero-order valence-electron chi connectivity index (χ0n) is 11.5. The van der Waals surface area contributed by atoms with Gasteiger partial charge in [-0.05, 0) is 26.0 Å². The lowest BCUT2D eigenvalue weighted by molar-refractivity contribution is -0.133. The van der Waals surface area contributed by atoms with Crippen LogP contribution >= 0.6 is 0 Å². The zero-order chi connectivity index (χ0) is 15.3. The first-order valence-electron chi connectivity index (χ1n) is 5.89. The molecule has 0 bridgehead atoms. The van der Waals surface area contributed by atoms with Crippen LogP contribution in [0.25, 0.3) is 0 Å². The Kier molecular flexibility index (Phi) is 5.02. The largest absolute Gasteiger partial charge is 0.478 e.